The fourth-order valence-corrected chi connectivity index (χ4v) is 2.41. The molecule has 2 aromatic rings. The number of carbonyl (C=O) groups excluding carboxylic acids is 2. The summed E-state index contributed by atoms with van der Waals surface area (Å²) in [5.74, 6) is -0.298. The van der Waals surface area contributed by atoms with E-state index in [-0.39, 0.29) is 11.3 Å². The number of esters is 1. The third-order valence-electron chi connectivity index (χ3n) is 3.76. The third-order valence-corrected chi connectivity index (χ3v) is 4.09. The molecule has 0 bridgehead atoms. The smallest absolute Gasteiger partial charge is 0.337 e. The van der Waals surface area contributed by atoms with Crippen molar-refractivity contribution in [2.45, 2.75) is 19.8 Å². The molecule has 26 heavy (non-hydrogen) atoms. The number of aromatic nitrogens is 2. The van der Waals surface area contributed by atoms with Crippen LogP contribution in [0.1, 0.15) is 40.6 Å². The molecule has 0 spiro atoms. The summed E-state index contributed by atoms with van der Waals surface area (Å²) in [6, 6.07) is 6.12. The lowest BCUT2D eigenvalue weighted by atomic mass is 10.2. The summed E-state index contributed by atoms with van der Waals surface area (Å²) in [5.41, 5.74) is 0.798. The molecule has 1 N–H and O–H groups in total. The number of carbonyl (C=O) groups is 2. The third kappa shape index (κ3) is 4.92. The van der Waals surface area contributed by atoms with Gasteiger partial charge in [0.1, 0.15) is 17.8 Å². The molecular formula is C18H21ClN4O3. The highest BCUT2D eigenvalue weighted by Crippen LogP contribution is 2.24. The van der Waals surface area contributed by atoms with Crippen molar-refractivity contribution >= 4 is 35.0 Å². The van der Waals surface area contributed by atoms with Crippen LogP contribution in [0.25, 0.3) is 0 Å². The van der Waals surface area contributed by atoms with Gasteiger partial charge in [0.15, 0.2) is 0 Å². The van der Waals surface area contributed by atoms with E-state index < -0.39 is 11.9 Å². The summed E-state index contributed by atoms with van der Waals surface area (Å²) in [4.78, 5) is 34.3. The number of unbranched alkanes of at least 4 members (excludes halogenated alkanes) is 1. The number of methoxy groups -OCH3 is 1. The summed E-state index contributed by atoms with van der Waals surface area (Å²) in [6.45, 7) is 2.94. The molecule has 0 radical (unpaired) electrons. The maximum atomic E-state index is 12.5. The minimum Gasteiger partial charge on any atom is -0.465 e. The molecule has 0 saturated heterocycles. The highest BCUT2D eigenvalue weighted by Gasteiger charge is 2.15. The van der Waals surface area contributed by atoms with Gasteiger partial charge in [0.25, 0.3) is 5.91 Å². The monoisotopic (exact) mass is 376 g/mol. The van der Waals surface area contributed by atoms with E-state index in [1.165, 1.54) is 31.6 Å². The Kier molecular flexibility index (Phi) is 6.91. The van der Waals surface area contributed by atoms with Gasteiger partial charge in [-0.15, -0.1) is 0 Å². The van der Waals surface area contributed by atoms with Crippen molar-refractivity contribution in [2.24, 2.45) is 0 Å². The van der Waals surface area contributed by atoms with Crippen LogP contribution in [0, 0.1) is 0 Å². The Morgan fingerprint density at radius 2 is 2.04 bits per heavy atom. The van der Waals surface area contributed by atoms with Crippen LogP contribution in [-0.4, -0.2) is 42.5 Å². The lowest BCUT2D eigenvalue weighted by molar-refractivity contribution is 0.0600. The molecule has 0 atom stereocenters. The molecule has 1 aromatic heterocycles. The molecule has 7 nitrogen and oxygen atoms in total. The van der Waals surface area contributed by atoms with Crippen molar-refractivity contribution in [3.63, 3.8) is 0 Å². The topological polar surface area (TPSA) is 84.4 Å². The first-order chi connectivity index (χ1) is 12.5. The highest BCUT2D eigenvalue weighted by molar-refractivity contribution is 6.34. The first-order valence-electron chi connectivity index (χ1n) is 8.18. The molecule has 1 amide bonds. The van der Waals surface area contributed by atoms with E-state index in [0.29, 0.717) is 16.5 Å². The number of hydrogen-bond acceptors (Lipinski definition) is 6. The average Bonchev–Trinajstić information content (AvgIpc) is 2.67. The number of nitrogens with zero attached hydrogens (tertiary/aromatic N) is 3. The van der Waals surface area contributed by atoms with Gasteiger partial charge in [-0.25, -0.2) is 14.8 Å². The van der Waals surface area contributed by atoms with Crippen LogP contribution in [0.3, 0.4) is 0 Å². The van der Waals surface area contributed by atoms with Crippen LogP contribution >= 0.6 is 11.6 Å². The van der Waals surface area contributed by atoms with Crippen LogP contribution in [0.2, 0.25) is 5.02 Å². The second kappa shape index (κ2) is 9.15. The SMILES string of the molecule is CCCCN(C)c1cc(C(=O)Nc2cc(C(=O)OC)ccc2Cl)ncn1. The number of nitrogens with one attached hydrogen (secondary N) is 1. The van der Waals surface area contributed by atoms with Crippen LogP contribution < -0.4 is 10.2 Å². The highest BCUT2D eigenvalue weighted by atomic mass is 35.5. The quantitative estimate of drug-likeness (QED) is 0.745. The predicted molar refractivity (Wildman–Crippen MR) is 101 cm³/mol. The van der Waals surface area contributed by atoms with Gasteiger partial charge in [-0.3, -0.25) is 4.79 Å². The predicted octanol–water partition coefficient (Wildman–Crippen LogP) is 3.41. The van der Waals surface area contributed by atoms with Gasteiger partial charge in [0, 0.05) is 19.7 Å². The molecule has 0 aliphatic heterocycles. The first kappa shape index (κ1) is 19.7. The molecular weight excluding hydrogens is 356 g/mol. The fraction of sp³-hybridized carbons (Fsp3) is 0.333. The normalized spacial score (nSPS) is 10.3. The Morgan fingerprint density at radius 1 is 1.27 bits per heavy atom. The molecule has 0 aliphatic rings. The molecule has 0 saturated carbocycles. The van der Waals surface area contributed by atoms with Gasteiger partial charge in [-0.05, 0) is 24.6 Å². The molecule has 2 rings (SSSR count). The molecule has 138 valence electrons. The van der Waals surface area contributed by atoms with Crippen molar-refractivity contribution in [1.29, 1.82) is 0 Å². The lowest BCUT2D eigenvalue weighted by Crippen LogP contribution is -2.21. The second-order valence-electron chi connectivity index (χ2n) is 5.68. The van der Waals surface area contributed by atoms with Gasteiger partial charge < -0.3 is 15.0 Å². The van der Waals surface area contributed by atoms with E-state index in [1.54, 1.807) is 6.07 Å². The zero-order chi connectivity index (χ0) is 19.1. The minimum absolute atomic E-state index is 0.206. The number of anilines is 2. The molecule has 8 heteroatoms. The number of benzene rings is 1. The zero-order valence-corrected chi connectivity index (χ0v) is 15.7. The van der Waals surface area contributed by atoms with Crippen LogP contribution in [0.4, 0.5) is 11.5 Å². The standard InChI is InChI=1S/C18H21ClN4O3/c1-4-5-8-23(2)16-10-15(20-11-21-16)17(24)22-14-9-12(18(25)26-3)6-7-13(14)19/h6-7,9-11H,4-5,8H2,1-3H3,(H,22,24). The Balaban J connectivity index is 2.19. The van der Waals surface area contributed by atoms with Crippen molar-refractivity contribution in [1.82, 2.24) is 9.97 Å². The lowest BCUT2D eigenvalue weighted by Gasteiger charge is -2.17. The fourth-order valence-electron chi connectivity index (χ4n) is 2.24. The van der Waals surface area contributed by atoms with Crippen LogP contribution in [0.5, 0.6) is 0 Å². The van der Waals surface area contributed by atoms with Crippen LogP contribution in [0.15, 0.2) is 30.6 Å². The molecule has 0 unspecified atom stereocenters. The Morgan fingerprint density at radius 3 is 2.73 bits per heavy atom. The van der Waals surface area contributed by atoms with E-state index in [9.17, 15) is 9.59 Å². The van der Waals surface area contributed by atoms with E-state index in [2.05, 4.69) is 26.9 Å². The zero-order valence-electron chi connectivity index (χ0n) is 15.0. The van der Waals surface area contributed by atoms with E-state index in [4.69, 9.17) is 11.6 Å². The summed E-state index contributed by atoms with van der Waals surface area (Å²) in [7, 11) is 3.20. The molecule has 0 aliphatic carbocycles. The maximum Gasteiger partial charge on any atom is 0.337 e. The number of amides is 1. The number of ether oxygens (including phenoxy) is 1. The maximum absolute atomic E-state index is 12.5. The average molecular weight is 377 g/mol. The van der Waals surface area contributed by atoms with E-state index >= 15 is 0 Å². The van der Waals surface area contributed by atoms with E-state index in [1.807, 2.05) is 11.9 Å². The first-order valence-corrected chi connectivity index (χ1v) is 8.56. The summed E-state index contributed by atoms with van der Waals surface area (Å²) < 4.78 is 4.67. The van der Waals surface area contributed by atoms with Gasteiger partial charge in [0.05, 0.1) is 23.4 Å². The van der Waals surface area contributed by atoms with Gasteiger partial charge in [-0.2, -0.15) is 0 Å². The van der Waals surface area contributed by atoms with Crippen molar-refractivity contribution in [3.8, 4) is 0 Å². The molecule has 1 aromatic carbocycles. The Hall–Kier alpha value is -2.67. The van der Waals surface area contributed by atoms with Crippen molar-refractivity contribution < 1.29 is 14.3 Å². The summed E-state index contributed by atoms with van der Waals surface area (Å²) in [6.07, 6.45) is 3.44. The number of rotatable bonds is 7. The van der Waals surface area contributed by atoms with Gasteiger partial charge in [0.2, 0.25) is 0 Å². The van der Waals surface area contributed by atoms with E-state index in [0.717, 1.165) is 19.4 Å². The number of hydrogen-bond donors (Lipinski definition) is 1. The molecule has 0 fully saturated rings. The van der Waals surface area contributed by atoms with Gasteiger partial charge >= 0.3 is 5.97 Å². The van der Waals surface area contributed by atoms with Crippen molar-refractivity contribution in [3.05, 3.63) is 46.9 Å². The Labute approximate surface area is 157 Å². The van der Waals surface area contributed by atoms with Crippen molar-refractivity contribution in [2.75, 3.05) is 30.9 Å². The molecule has 1 heterocycles. The number of halogens is 1. The second-order valence-corrected chi connectivity index (χ2v) is 6.08. The Bertz CT molecular complexity index is 798. The minimum atomic E-state index is -0.515. The largest absolute Gasteiger partial charge is 0.465 e. The van der Waals surface area contributed by atoms with Gasteiger partial charge in [-0.1, -0.05) is 24.9 Å². The van der Waals surface area contributed by atoms with Crippen LogP contribution in [-0.2, 0) is 4.74 Å². The summed E-state index contributed by atoms with van der Waals surface area (Å²) in [5, 5.41) is 2.97. The summed E-state index contributed by atoms with van der Waals surface area (Å²) >= 11 is 6.11.